The van der Waals surface area contributed by atoms with Crippen LogP contribution in [0.25, 0.3) is 31.6 Å². The molecule has 9 heteroatoms. The Labute approximate surface area is 202 Å². The van der Waals surface area contributed by atoms with Gasteiger partial charge in [-0.25, -0.2) is 9.97 Å². The zero-order valence-corrected chi connectivity index (χ0v) is 20.6. The summed E-state index contributed by atoms with van der Waals surface area (Å²) in [6.45, 7) is 4.08. The third kappa shape index (κ3) is 3.91. The van der Waals surface area contributed by atoms with Gasteiger partial charge in [0.15, 0.2) is 0 Å². The number of likely N-dealkylation sites (N-methyl/N-ethyl adjacent to an activating group) is 1. The number of carbonyl (C=O) groups is 1. The molecule has 3 aromatic heterocycles. The molecule has 0 aliphatic carbocycles. The Hall–Kier alpha value is -3.43. The Bertz CT molecular complexity index is 1410. The molecule has 1 aliphatic rings. The number of benzene rings is 1. The number of nitrogen functional groups attached to an aromatic ring is 1. The summed E-state index contributed by atoms with van der Waals surface area (Å²) >= 11 is 1.67. The number of amides is 1. The van der Waals surface area contributed by atoms with Crippen LogP contribution in [0.3, 0.4) is 0 Å². The topological polar surface area (TPSA) is 89.5 Å². The molecule has 1 aliphatic heterocycles. The van der Waals surface area contributed by atoms with Gasteiger partial charge in [-0.15, -0.1) is 11.3 Å². The van der Waals surface area contributed by atoms with E-state index in [1.165, 1.54) is 6.33 Å². The van der Waals surface area contributed by atoms with Gasteiger partial charge in [0.25, 0.3) is 0 Å². The number of hydrogen-bond donors (Lipinski definition) is 1. The molecule has 4 heterocycles. The van der Waals surface area contributed by atoms with E-state index < -0.39 is 0 Å². The maximum Gasteiger partial charge on any atom is 0.246 e. The smallest absolute Gasteiger partial charge is 0.246 e. The van der Waals surface area contributed by atoms with E-state index >= 15 is 0 Å². The predicted octanol–water partition coefficient (Wildman–Crippen LogP) is 3.71. The molecule has 1 saturated heterocycles. The molecule has 176 valence electrons. The average molecular weight is 477 g/mol. The highest BCUT2D eigenvalue weighted by Crippen LogP contribution is 2.43. The largest absolute Gasteiger partial charge is 0.495 e. The lowest BCUT2D eigenvalue weighted by Crippen LogP contribution is -2.50. The number of hydrogen-bond acceptors (Lipinski definition) is 7. The van der Waals surface area contributed by atoms with Crippen LogP contribution in [0, 0.1) is 6.92 Å². The van der Waals surface area contributed by atoms with Gasteiger partial charge < -0.3 is 24.8 Å². The number of anilines is 1. The maximum absolute atomic E-state index is 12.5. The SMILES string of the molecule is COc1cc(C)cc2cc(-c3cn(C4CN(C(=O)/C=C/CN(C)C)C4)c4ncnc(N)c34)sc12. The van der Waals surface area contributed by atoms with E-state index in [4.69, 9.17) is 10.5 Å². The van der Waals surface area contributed by atoms with E-state index in [-0.39, 0.29) is 11.9 Å². The quantitative estimate of drug-likeness (QED) is 0.427. The number of likely N-dealkylation sites (tertiary alicyclic amines) is 1. The molecule has 1 aromatic carbocycles. The van der Waals surface area contributed by atoms with E-state index in [9.17, 15) is 4.79 Å². The summed E-state index contributed by atoms with van der Waals surface area (Å²) in [5.74, 6) is 1.36. The normalized spacial score (nSPS) is 14.6. The minimum atomic E-state index is 0.0379. The van der Waals surface area contributed by atoms with Crippen LogP contribution in [0.2, 0.25) is 0 Å². The van der Waals surface area contributed by atoms with Crippen molar-refractivity contribution in [3.63, 3.8) is 0 Å². The molecule has 1 fully saturated rings. The van der Waals surface area contributed by atoms with Crippen molar-refractivity contribution in [2.75, 3.05) is 46.6 Å². The van der Waals surface area contributed by atoms with Crippen molar-refractivity contribution in [1.82, 2.24) is 24.3 Å². The molecule has 4 aromatic rings. The molecule has 8 nitrogen and oxygen atoms in total. The fraction of sp³-hybridized carbons (Fsp3) is 0.320. The van der Waals surface area contributed by atoms with Crippen molar-refractivity contribution in [2.45, 2.75) is 13.0 Å². The first-order valence-corrected chi connectivity index (χ1v) is 12.0. The summed E-state index contributed by atoms with van der Waals surface area (Å²) in [4.78, 5) is 26.2. The van der Waals surface area contributed by atoms with Gasteiger partial charge in [-0.05, 0) is 44.1 Å². The fourth-order valence-corrected chi connectivity index (χ4v) is 5.55. The van der Waals surface area contributed by atoms with Crippen LogP contribution in [-0.4, -0.2) is 71.1 Å². The third-order valence-corrected chi connectivity index (χ3v) is 7.35. The predicted molar refractivity (Wildman–Crippen MR) is 137 cm³/mol. The molecule has 34 heavy (non-hydrogen) atoms. The zero-order valence-electron chi connectivity index (χ0n) is 19.8. The van der Waals surface area contributed by atoms with E-state index in [2.05, 4.69) is 45.9 Å². The van der Waals surface area contributed by atoms with Crippen molar-refractivity contribution in [3.05, 3.63) is 48.4 Å². The van der Waals surface area contributed by atoms with Crippen molar-refractivity contribution in [2.24, 2.45) is 0 Å². The molecule has 0 atom stereocenters. The van der Waals surface area contributed by atoms with Gasteiger partial charge in [-0.2, -0.15) is 0 Å². The Morgan fingerprint density at radius 1 is 1.29 bits per heavy atom. The van der Waals surface area contributed by atoms with Crippen LogP contribution in [0.1, 0.15) is 11.6 Å². The highest BCUT2D eigenvalue weighted by Gasteiger charge is 2.33. The summed E-state index contributed by atoms with van der Waals surface area (Å²) in [7, 11) is 5.65. The molecular formula is C25H28N6O2S. The lowest BCUT2D eigenvalue weighted by atomic mass is 10.1. The molecule has 5 rings (SSSR count). The minimum Gasteiger partial charge on any atom is -0.495 e. The first kappa shape index (κ1) is 22.4. The second kappa shape index (κ2) is 8.73. The highest BCUT2D eigenvalue weighted by atomic mass is 32.1. The summed E-state index contributed by atoms with van der Waals surface area (Å²) in [6, 6.07) is 6.53. The lowest BCUT2D eigenvalue weighted by molar-refractivity contribution is -0.131. The van der Waals surface area contributed by atoms with Gasteiger partial charge in [-0.1, -0.05) is 12.1 Å². The fourth-order valence-electron chi connectivity index (χ4n) is 4.40. The molecule has 1 amide bonds. The molecule has 0 radical (unpaired) electrons. The molecule has 0 bridgehead atoms. The molecule has 2 N–H and O–H groups in total. The summed E-state index contributed by atoms with van der Waals surface area (Å²) in [5.41, 5.74) is 9.28. The van der Waals surface area contributed by atoms with Crippen molar-refractivity contribution in [1.29, 1.82) is 0 Å². The van der Waals surface area contributed by atoms with Gasteiger partial charge in [0.2, 0.25) is 5.91 Å². The van der Waals surface area contributed by atoms with Crippen molar-refractivity contribution < 1.29 is 9.53 Å². The third-order valence-electron chi connectivity index (χ3n) is 6.15. The first-order valence-electron chi connectivity index (χ1n) is 11.2. The summed E-state index contributed by atoms with van der Waals surface area (Å²) in [5, 5.41) is 1.98. The first-order chi connectivity index (χ1) is 16.4. The summed E-state index contributed by atoms with van der Waals surface area (Å²) < 4.78 is 8.87. The Kier molecular flexibility index (Phi) is 5.75. The van der Waals surface area contributed by atoms with Crippen molar-refractivity contribution >= 4 is 44.2 Å². The number of nitrogens with zero attached hydrogens (tertiary/aromatic N) is 5. The Balaban J connectivity index is 1.49. The number of aryl methyl sites for hydroxylation is 1. The van der Waals surface area contributed by atoms with E-state index in [0.29, 0.717) is 18.9 Å². The van der Waals surface area contributed by atoms with Gasteiger partial charge in [0, 0.05) is 42.3 Å². The zero-order chi connectivity index (χ0) is 24.0. The Morgan fingerprint density at radius 3 is 2.82 bits per heavy atom. The van der Waals surface area contributed by atoms with Crippen LogP contribution in [0.4, 0.5) is 5.82 Å². The number of ether oxygens (including phenoxy) is 1. The minimum absolute atomic E-state index is 0.0379. The van der Waals surface area contributed by atoms with E-state index in [0.717, 1.165) is 49.4 Å². The van der Waals surface area contributed by atoms with Crippen LogP contribution in [0.5, 0.6) is 5.75 Å². The van der Waals surface area contributed by atoms with Gasteiger partial charge in [0.1, 0.15) is 23.5 Å². The van der Waals surface area contributed by atoms with Gasteiger partial charge in [0.05, 0.1) is 23.2 Å². The average Bonchev–Trinajstić information content (AvgIpc) is 3.34. The number of aromatic nitrogens is 3. The maximum atomic E-state index is 12.5. The van der Waals surface area contributed by atoms with Crippen LogP contribution in [-0.2, 0) is 4.79 Å². The highest BCUT2D eigenvalue weighted by molar-refractivity contribution is 7.22. The lowest BCUT2D eigenvalue weighted by Gasteiger charge is -2.39. The molecule has 0 spiro atoms. The Morgan fingerprint density at radius 2 is 2.09 bits per heavy atom. The standard InChI is InChI=1S/C25H28N6O2S/c1-15-8-16-10-20(34-23(16)19(9-15)33-4)18-13-31(25-22(18)24(26)27-14-28-25)17-11-30(12-17)21(32)6-5-7-29(2)3/h5-6,8-10,13-14,17H,7,11-12H2,1-4H3,(H2,26,27,28)/b6-5+. The number of rotatable bonds is 6. The van der Waals surface area contributed by atoms with Crippen LogP contribution in [0.15, 0.2) is 42.9 Å². The monoisotopic (exact) mass is 476 g/mol. The van der Waals surface area contributed by atoms with Gasteiger partial charge in [-0.3, -0.25) is 4.79 Å². The van der Waals surface area contributed by atoms with E-state index in [1.807, 2.05) is 30.0 Å². The van der Waals surface area contributed by atoms with E-state index in [1.54, 1.807) is 24.5 Å². The second-order valence-electron chi connectivity index (χ2n) is 8.97. The number of fused-ring (bicyclic) bond motifs is 2. The van der Waals surface area contributed by atoms with Crippen LogP contribution < -0.4 is 10.5 Å². The number of carbonyl (C=O) groups excluding carboxylic acids is 1. The number of thiophene rings is 1. The molecule has 0 unspecified atom stereocenters. The molecule has 0 saturated carbocycles. The second-order valence-corrected chi connectivity index (χ2v) is 10.0. The number of nitrogens with two attached hydrogens (primary N) is 1. The van der Waals surface area contributed by atoms with Crippen molar-refractivity contribution in [3.8, 4) is 16.2 Å². The van der Waals surface area contributed by atoms with Crippen LogP contribution >= 0.6 is 11.3 Å². The van der Waals surface area contributed by atoms with Gasteiger partial charge >= 0.3 is 0 Å². The molecular weight excluding hydrogens is 448 g/mol. The summed E-state index contributed by atoms with van der Waals surface area (Å²) in [6.07, 6.45) is 7.15. The number of methoxy groups -OCH3 is 1.